The number of nitrogen functional groups attached to an aromatic ring is 1. The first kappa shape index (κ1) is 16.5. The van der Waals surface area contributed by atoms with Gasteiger partial charge in [0.2, 0.25) is 0 Å². The third-order valence-electron chi connectivity index (χ3n) is 4.42. The predicted octanol–water partition coefficient (Wildman–Crippen LogP) is 4.02. The molecule has 2 heterocycles. The highest BCUT2D eigenvalue weighted by Crippen LogP contribution is 2.29. The van der Waals surface area contributed by atoms with Gasteiger partial charge >= 0.3 is 0 Å². The predicted molar refractivity (Wildman–Crippen MR) is 108 cm³/mol. The Hall–Kier alpha value is -1.98. The summed E-state index contributed by atoms with van der Waals surface area (Å²) in [4.78, 5) is 4.63. The van der Waals surface area contributed by atoms with Crippen LogP contribution in [0.25, 0.3) is 0 Å². The molecule has 0 spiro atoms. The van der Waals surface area contributed by atoms with E-state index in [0.717, 1.165) is 51.4 Å². The molecule has 25 heavy (non-hydrogen) atoms. The number of halogens is 1. The first-order valence-corrected chi connectivity index (χ1v) is 9.68. The minimum atomic E-state index is 0.232. The number of hydrogen-bond donors (Lipinski definition) is 1. The second kappa shape index (κ2) is 6.73. The number of thioether (sulfide) groups is 1. The summed E-state index contributed by atoms with van der Waals surface area (Å²) < 4.78 is 0. The Morgan fingerprint density at radius 1 is 1.20 bits per heavy atom. The Bertz CT molecular complexity index is 860. The third-order valence-corrected chi connectivity index (χ3v) is 5.61. The van der Waals surface area contributed by atoms with Crippen molar-refractivity contribution in [1.82, 2.24) is 5.01 Å². The fraction of sp³-hybridized carbons (Fsp3) is 0.263. The van der Waals surface area contributed by atoms with Crippen LogP contribution >= 0.6 is 23.4 Å². The highest BCUT2D eigenvalue weighted by atomic mass is 35.5. The zero-order valence-electron chi connectivity index (χ0n) is 13.9. The molecule has 0 aromatic heterocycles. The van der Waals surface area contributed by atoms with Crippen LogP contribution in [0.3, 0.4) is 0 Å². The van der Waals surface area contributed by atoms with Crippen molar-refractivity contribution in [1.29, 1.82) is 0 Å². The molecule has 2 aromatic carbocycles. The minimum absolute atomic E-state index is 0.232. The van der Waals surface area contributed by atoms with Crippen LogP contribution in [0.1, 0.15) is 23.6 Å². The molecule has 0 radical (unpaired) electrons. The van der Waals surface area contributed by atoms with Crippen molar-refractivity contribution in [3.05, 3.63) is 64.2 Å². The molecule has 0 bridgehead atoms. The number of aliphatic imine (C=N–C) groups is 1. The van der Waals surface area contributed by atoms with Gasteiger partial charge in [0.05, 0.1) is 18.3 Å². The molecule has 1 unspecified atom stereocenters. The minimum Gasteiger partial charge on any atom is -0.399 e. The average molecular weight is 371 g/mol. The van der Waals surface area contributed by atoms with E-state index in [2.05, 4.69) is 23.0 Å². The summed E-state index contributed by atoms with van der Waals surface area (Å²) in [5, 5.41) is 8.80. The van der Waals surface area contributed by atoms with Crippen molar-refractivity contribution < 1.29 is 0 Å². The number of hydrogen-bond acceptors (Lipinski definition) is 5. The van der Waals surface area contributed by atoms with Gasteiger partial charge < -0.3 is 5.73 Å². The van der Waals surface area contributed by atoms with Crippen LogP contribution in [0.2, 0.25) is 5.02 Å². The summed E-state index contributed by atoms with van der Waals surface area (Å²) >= 11 is 8.06. The maximum atomic E-state index is 6.29. The zero-order valence-corrected chi connectivity index (χ0v) is 15.5. The molecule has 1 atom stereocenters. The standard InChI is InChI=1S/C19H19ClN4S/c1-12-10-14-2-5-15(20)11-17(14)18(13-3-6-16(21)7-4-13)23-24(12)19-22-8-9-25-19/h2-7,11-12H,8-10,21H2,1H3. The van der Waals surface area contributed by atoms with Crippen LogP contribution < -0.4 is 5.73 Å². The van der Waals surface area contributed by atoms with Crippen molar-refractivity contribution in [2.75, 3.05) is 18.0 Å². The van der Waals surface area contributed by atoms with Crippen molar-refractivity contribution in [3.63, 3.8) is 0 Å². The maximum Gasteiger partial charge on any atom is 0.180 e. The van der Waals surface area contributed by atoms with Crippen molar-refractivity contribution in [3.8, 4) is 0 Å². The highest BCUT2D eigenvalue weighted by molar-refractivity contribution is 8.14. The van der Waals surface area contributed by atoms with Gasteiger partial charge in [-0.3, -0.25) is 4.99 Å². The largest absolute Gasteiger partial charge is 0.399 e. The molecule has 4 rings (SSSR count). The lowest BCUT2D eigenvalue weighted by molar-refractivity contribution is 0.354. The molecule has 2 aliphatic rings. The van der Waals surface area contributed by atoms with Gasteiger partial charge in [-0.15, -0.1) is 0 Å². The normalized spacial score (nSPS) is 19.9. The Balaban J connectivity index is 1.89. The number of hydrazone groups is 1. The third kappa shape index (κ3) is 3.26. The van der Waals surface area contributed by atoms with Gasteiger partial charge in [-0.25, -0.2) is 5.01 Å². The summed E-state index contributed by atoms with van der Waals surface area (Å²) in [5.74, 6) is 1.02. The summed E-state index contributed by atoms with van der Waals surface area (Å²) in [7, 11) is 0. The van der Waals surface area contributed by atoms with E-state index in [4.69, 9.17) is 22.4 Å². The van der Waals surface area contributed by atoms with Gasteiger partial charge in [-0.2, -0.15) is 5.10 Å². The van der Waals surface area contributed by atoms with Crippen LogP contribution in [0.5, 0.6) is 0 Å². The van der Waals surface area contributed by atoms with Crippen LogP contribution in [-0.2, 0) is 6.42 Å². The molecule has 2 N–H and O–H groups in total. The first-order valence-electron chi connectivity index (χ1n) is 8.31. The average Bonchev–Trinajstić information content (AvgIpc) is 3.08. The van der Waals surface area contributed by atoms with Gasteiger partial charge in [0, 0.05) is 27.6 Å². The number of fused-ring (bicyclic) bond motifs is 1. The van der Waals surface area contributed by atoms with Gasteiger partial charge in [-0.05, 0) is 43.2 Å². The quantitative estimate of drug-likeness (QED) is 0.771. The molecule has 2 aliphatic heterocycles. The lowest BCUT2D eigenvalue weighted by Gasteiger charge is -2.24. The number of amidine groups is 1. The van der Waals surface area contributed by atoms with E-state index in [1.165, 1.54) is 5.56 Å². The van der Waals surface area contributed by atoms with Crippen LogP contribution in [-0.4, -0.2) is 34.2 Å². The van der Waals surface area contributed by atoms with Crippen molar-refractivity contribution in [2.45, 2.75) is 19.4 Å². The number of nitrogens with two attached hydrogens (primary N) is 1. The maximum absolute atomic E-state index is 6.29. The molecule has 128 valence electrons. The Morgan fingerprint density at radius 3 is 2.72 bits per heavy atom. The fourth-order valence-electron chi connectivity index (χ4n) is 3.16. The van der Waals surface area contributed by atoms with Crippen LogP contribution in [0, 0.1) is 0 Å². The highest BCUT2D eigenvalue weighted by Gasteiger charge is 2.27. The molecule has 6 heteroatoms. The first-order chi connectivity index (χ1) is 12.1. The summed E-state index contributed by atoms with van der Waals surface area (Å²) in [6, 6.07) is 14.1. The summed E-state index contributed by atoms with van der Waals surface area (Å²) in [6.45, 7) is 3.05. The Morgan fingerprint density at radius 2 is 2.00 bits per heavy atom. The van der Waals surface area contributed by atoms with E-state index in [-0.39, 0.29) is 6.04 Å². The smallest absolute Gasteiger partial charge is 0.180 e. The van der Waals surface area contributed by atoms with Crippen molar-refractivity contribution >= 4 is 39.9 Å². The topological polar surface area (TPSA) is 54.0 Å². The van der Waals surface area contributed by atoms with Crippen LogP contribution in [0.15, 0.2) is 52.6 Å². The number of nitrogens with zero attached hydrogens (tertiary/aromatic N) is 3. The number of anilines is 1. The second-order valence-electron chi connectivity index (χ2n) is 6.28. The molecule has 0 saturated heterocycles. The monoisotopic (exact) mass is 370 g/mol. The van der Waals surface area contributed by atoms with E-state index >= 15 is 0 Å². The van der Waals surface area contributed by atoms with Gasteiger partial charge in [-0.1, -0.05) is 41.6 Å². The summed E-state index contributed by atoms with van der Waals surface area (Å²) in [5.41, 5.74) is 10.9. The van der Waals surface area contributed by atoms with Crippen LogP contribution in [0.4, 0.5) is 5.69 Å². The van der Waals surface area contributed by atoms with E-state index in [1.54, 1.807) is 11.8 Å². The van der Waals surface area contributed by atoms with Crippen molar-refractivity contribution in [2.24, 2.45) is 10.1 Å². The van der Waals surface area contributed by atoms with Gasteiger partial charge in [0.15, 0.2) is 5.17 Å². The molecular formula is C19H19ClN4S. The zero-order chi connectivity index (χ0) is 17.4. The molecule has 0 fully saturated rings. The molecule has 0 amide bonds. The lowest BCUT2D eigenvalue weighted by atomic mass is 9.95. The fourth-order valence-corrected chi connectivity index (χ4v) is 4.23. The van der Waals surface area contributed by atoms with E-state index in [9.17, 15) is 0 Å². The second-order valence-corrected chi connectivity index (χ2v) is 7.78. The van der Waals surface area contributed by atoms with Gasteiger partial charge in [0.25, 0.3) is 0 Å². The summed E-state index contributed by atoms with van der Waals surface area (Å²) in [6.07, 6.45) is 0.897. The molecule has 0 saturated carbocycles. The van der Waals surface area contributed by atoms with E-state index in [1.807, 2.05) is 36.4 Å². The SMILES string of the molecule is CC1Cc2ccc(Cl)cc2C(c2ccc(N)cc2)=NN1C1=NCCS1. The molecule has 2 aromatic rings. The molecule has 4 nitrogen and oxygen atoms in total. The Kier molecular flexibility index (Phi) is 4.44. The number of rotatable bonds is 1. The Labute approximate surface area is 156 Å². The van der Waals surface area contributed by atoms with Gasteiger partial charge in [0.1, 0.15) is 0 Å². The molecular weight excluding hydrogens is 352 g/mol. The lowest BCUT2D eigenvalue weighted by Crippen LogP contribution is -2.33. The molecule has 0 aliphatic carbocycles. The number of benzene rings is 2. The van der Waals surface area contributed by atoms with E-state index in [0.29, 0.717) is 0 Å². The van der Waals surface area contributed by atoms with E-state index < -0.39 is 0 Å².